The first-order valence-electron chi connectivity index (χ1n) is 4.99. The first-order chi connectivity index (χ1) is 6.62. The van der Waals surface area contributed by atoms with E-state index in [4.69, 9.17) is 0 Å². The van der Waals surface area contributed by atoms with Crippen LogP contribution < -0.4 is 0 Å². The molecular weight excluding hydrogens is 327 g/mol. The molecule has 1 aliphatic heterocycles. The summed E-state index contributed by atoms with van der Waals surface area (Å²) in [7, 11) is -1.38. The number of rotatable bonds is 3. The third-order valence-electron chi connectivity index (χ3n) is 2.95. The Balaban J connectivity index is 2.65. The van der Waals surface area contributed by atoms with E-state index in [-0.39, 0.29) is 9.59 Å². The first kappa shape index (κ1) is 13.7. The van der Waals surface area contributed by atoms with Gasteiger partial charge < -0.3 is 0 Å². The van der Waals surface area contributed by atoms with Crippen molar-refractivity contribution in [3.63, 3.8) is 0 Å². The maximum atomic E-state index is 11.4. The molecule has 6 heteroatoms. The molecule has 90 valence electrons. The second-order valence-electron chi connectivity index (χ2n) is 4.58. The molecule has 1 heterocycles. The molecule has 1 saturated heterocycles. The van der Waals surface area contributed by atoms with Crippen molar-refractivity contribution in [2.45, 2.75) is 29.9 Å². The monoisotopic (exact) mass is 346 g/mol. The summed E-state index contributed by atoms with van der Waals surface area (Å²) in [6.45, 7) is 6.10. The van der Waals surface area contributed by atoms with Gasteiger partial charge in [0.1, 0.15) is 0 Å². The Bertz CT molecular complexity index is 323. The zero-order valence-corrected chi connectivity index (χ0v) is 12.7. The molecule has 0 amide bonds. The van der Waals surface area contributed by atoms with Crippen LogP contribution in [-0.4, -0.2) is 53.6 Å². The highest BCUT2D eigenvalue weighted by molar-refractivity contribution is 14.1. The topological polar surface area (TPSA) is 40.6 Å². The molecule has 0 saturated carbocycles. The van der Waals surface area contributed by atoms with Gasteiger partial charge in [-0.3, -0.25) is 4.90 Å². The lowest BCUT2D eigenvalue weighted by Crippen LogP contribution is -2.42. The molecule has 0 aromatic rings. The number of alkyl halides is 1. The van der Waals surface area contributed by atoms with Crippen molar-refractivity contribution < 1.29 is 8.42 Å². The van der Waals surface area contributed by atoms with Crippen LogP contribution in [0.3, 0.4) is 0 Å². The van der Waals surface area contributed by atoms with E-state index in [1.165, 1.54) is 10.6 Å². The van der Waals surface area contributed by atoms with Gasteiger partial charge in [-0.15, -0.1) is 0 Å². The summed E-state index contributed by atoms with van der Waals surface area (Å²) in [5, 5.41) is 0. The van der Waals surface area contributed by atoms with Gasteiger partial charge in [-0.05, 0) is 20.3 Å². The summed E-state index contributed by atoms with van der Waals surface area (Å²) >= 11 is 2.39. The highest BCUT2D eigenvalue weighted by Crippen LogP contribution is 2.28. The molecule has 1 unspecified atom stereocenters. The maximum Gasteiger partial charge on any atom is 0.211 e. The maximum absolute atomic E-state index is 11.4. The number of nitrogens with zero attached hydrogens (tertiary/aromatic N) is 2. The van der Waals surface area contributed by atoms with Gasteiger partial charge in [0.05, 0.1) is 9.80 Å². The number of sulfonamides is 1. The summed E-state index contributed by atoms with van der Waals surface area (Å²) in [6.07, 6.45) is 2.20. The van der Waals surface area contributed by atoms with Crippen LogP contribution in [0, 0.1) is 0 Å². The average Bonchev–Trinajstić information content (AvgIpc) is 2.47. The van der Waals surface area contributed by atoms with Crippen molar-refractivity contribution in [3.8, 4) is 0 Å². The SMILES string of the molecule is CN(C1CCN(C(C)(C)I)C1)S(C)(=O)=O. The second kappa shape index (κ2) is 4.46. The number of hydrogen-bond donors (Lipinski definition) is 0. The smallest absolute Gasteiger partial charge is 0.211 e. The zero-order valence-electron chi connectivity index (χ0n) is 9.70. The van der Waals surface area contributed by atoms with Crippen LogP contribution in [0.1, 0.15) is 20.3 Å². The molecule has 0 spiro atoms. The van der Waals surface area contributed by atoms with Crippen LogP contribution in [0.15, 0.2) is 0 Å². The number of likely N-dealkylation sites (N-methyl/N-ethyl adjacent to an activating group) is 1. The van der Waals surface area contributed by atoms with Crippen molar-refractivity contribution in [1.29, 1.82) is 0 Å². The fourth-order valence-electron chi connectivity index (χ4n) is 1.79. The van der Waals surface area contributed by atoms with E-state index in [9.17, 15) is 8.42 Å². The lowest BCUT2D eigenvalue weighted by Gasteiger charge is -2.30. The fourth-order valence-corrected chi connectivity index (χ4v) is 2.94. The van der Waals surface area contributed by atoms with Gasteiger partial charge in [-0.25, -0.2) is 12.7 Å². The number of halogens is 1. The van der Waals surface area contributed by atoms with E-state index < -0.39 is 10.0 Å². The lowest BCUT2D eigenvalue weighted by molar-refractivity contribution is 0.243. The van der Waals surface area contributed by atoms with Gasteiger partial charge in [0.15, 0.2) is 0 Å². The third kappa shape index (κ3) is 3.54. The molecule has 1 rings (SSSR count). The Morgan fingerprint density at radius 1 is 1.47 bits per heavy atom. The molecule has 1 atom stereocenters. The summed E-state index contributed by atoms with van der Waals surface area (Å²) in [6, 6.07) is 0.133. The van der Waals surface area contributed by atoms with Gasteiger partial charge >= 0.3 is 0 Å². The molecule has 0 radical (unpaired) electrons. The van der Waals surface area contributed by atoms with Gasteiger partial charge in [0, 0.05) is 26.2 Å². The summed E-state index contributed by atoms with van der Waals surface area (Å²) in [5.74, 6) is 0. The van der Waals surface area contributed by atoms with Crippen molar-refractivity contribution in [3.05, 3.63) is 0 Å². The van der Waals surface area contributed by atoms with E-state index in [0.29, 0.717) is 0 Å². The van der Waals surface area contributed by atoms with Gasteiger partial charge in [-0.1, -0.05) is 22.6 Å². The minimum atomic E-state index is -3.05. The van der Waals surface area contributed by atoms with Crippen molar-refractivity contribution in [2.24, 2.45) is 0 Å². The van der Waals surface area contributed by atoms with Crippen LogP contribution in [0.2, 0.25) is 0 Å². The second-order valence-corrected chi connectivity index (χ2v) is 9.26. The van der Waals surface area contributed by atoms with Crippen molar-refractivity contribution in [1.82, 2.24) is 9.21 Å². The van der Waals surface area contributed by atoms with E-state index in [1.54, 1.807) is 7.05 Å². The Morgan fingerprint density at radius 3 is 2.33 bits per heavy atom. The van der Waals surface area contributed by atoms with Crippen LogP contribution in [-0.2, 0) is 10.0 Å². The molecule has 0 N–H and O–H groups in total. The van der Waals surface area contributed by atoms with E-state index in [2.05, 4.69) is 41.3 Å². The minimum absolute atomic E-state index is 0.102. The quantitative estimate of drug-likeness (QED) is 0.437. The predicted octanol–water partition coefficient (Wildman–Crippen LogP) is 1.12. The Hall–Kier alpha value is 0.600. The summed E-state index contributed by atoms with van der Waals surface area (Å²) < 4.78 is 24.4. The predicted molar refractivity (Wildman–Crippen MR) is 70.7 cm³/mol. The largest absolute Gasteiger partial charge is 0.288 e. The van der Waals surface area contributed by atoms with E-state index in [0.717, 1.165) is 19.5 Å². The fraction of sp³-hybridized carbons (Fsp3) is 1.00. The van der Waals surface area contributed by atoms with Gasteiger partial charge in [-0.2, -0.15) is 0 Å². The first-order valence-corrected chi connectivity index (χ1v) is 7.92. The van der Waals surface area contributed by atoms with Crippen molar-refractivity contribution in [2.75, 3.05) is 26.4 Å². The zero-order chi connectivity index (χ0) is 11.9. The van der Waals surface area contributed by atoms with Gasteiger partial charge in [0.2, 0.25) is 10.0 Å². The highest BCUT2D eigenvalue weighted by atomic mass is 127. The third-order valence-corrected chi connectivity index (χ3v) is 4.98. The van der Waals surface area contributed by atoms with Crippen LogP contribution in [0.5, 0.6) is 0 Å². The standard InChI is InChI=1S/C9H19IN2O2S/c1-9(2,10)12-6-5-8(7-12)11(3)15(4,13)14/h8H,5-7H2,1-4H3. The van der Waals surface area contributed by atoms with Crippen LogP contribution >= 0.6 is 22.6 Å². The molecule has 0 aromatic heterocycles. The molecule has 15 heavy (non-hydrogen) atoms. The minimum Gasteiger partial charge on any atom is -0.288 e. The average molecular weight is 346 g/mol. The molecular formula is C9H19IN2O2S. The molecule has 4 nitrogen and oxygen atoms in total. The van der Waals surface area contributed by atoms with Crippen molar-refractivity contribution >= 4 is 32.6 Å². The molecule has 1 fully saturated rings. The Kier molecular flexibility index (Phi) is 4.06. The highest BCUT2D eigenvalue weighted by Gasteiger charge is 2.35. The van der Waals surface area contributed by atoms with E-state index in [1.807, 2.05) is 0 Å². The van der Waals surface area contributed by atoms with E-state index >= 15 is 0 Å². The Labute approximate surface area is 106 Å². The molecule has 0 aromatic carbocycles. The molecule has 0 aliphatic carbocycles. The summed E-state index contributed by atoms with van der Waals surface area (Å²) in [5.41, 5.74) is 0. The normalized spacial score (nSPS) is 25.1. The van der Waals surface area contributed by atoms with Gasteiger partial charge in [0.25, 0.3) is 0 Å². The van der Waals surface area contributed by atoms with Crippen LogP contribution in [0.25, 0.3) is 0 Å². The number of hydrogen-bond acceptors (Lipinski definition) is 3. The number of likely N-dealkylation sites (tertiary alicyclic amines) is 1. The lowest BCUT2D eigenvalue weighted by atomic mass is 10.3. The van der Waals surface area contributed by atoms with Crippen LogP contribution in [0.4, 0.5) is 0 Å². The Morgan fingerprint density at radius 2 is 2.00 bits per heavy atom. The molecule has 0 bridgehead atoms. The summed E-state index contributed by atoms with van der Waals surface area (Å²) in [4.78, 5) is 2.32. The molecule has 1 aliphatic rings.